The number of rotatable bonds is 7. The first-order valence-corrected chi connectivity index (χ1v) is 9.15. The predicted molar refractivity (Wildman–Crippen MR) is 97.6 cm³/mol. The molecule has 1 fully saturated rings. The van der Waals surface area contributed by atoms with Crippen LogP contribution in [-0.2, 0) is 4.79 Å². The van der Waals surface area contributed by atoms with Gasteiger partial charge >= 0.3 is 6.03 Å². The third kappa shape index (κ3) is 5.96. The zero-order valence-corrected chi connectivity index (χ0v) is 15.2. The number of hydrogen-bond donors (Lipinski definition) is 1. The summed E-state index contributed by atoms with van der Waals surface area (Å²) in [4.78, 5) is 28.1. The second kappa shape index (κ2) is 9.91. The molecule has 1 saturated heterocycles. The number of ether oxygens (including phenoxy) is 1. The highest BCUT2D eigenvalue weighted by Gasteiger charge is 2.25. The fraction of sp³-hybridized carbons (Fsp3) is 0.579. The minimum Gasteiger partial charge on any atom is -0.493 e. The monoisotopic (exact) mass is 347 g/mol. The number of carbonyl (C=O) groups excluding carboxylic acids is 2. The van der Waals surface area contributed by atoms with E-state index in [-0.39, 0.29) is 18.0 Å². The minimum absolute atomic E-state index is 0.00412. The van der Waals surface area contributed by atoms with E-state index in [9.17, 15) is 9.59 Å². The molecule has 0 radical (unpaired) electrons. The number of nitrogens with one attached hydrogen (secondary N) is 1. The summed E-state index contributed by atoms with van der Waals surface area (Å²) in [5, 5.41) is 3.05. The van der Waals surface area contributed by atoms with E-state index >= 15 is 0 Å². The summed E-state index contributed by atoms with van der Waals surface area (Å²) < 4.78 is 5.55. The molecule has 1 N–H and O–H groups in total. The molecule has 25 heavy (non-hydrogen) atoms. The molecule has 1 aliphatic rings. The maximum absolute atomic E-state index is 12.3. The quantitative estimate of drug-likeness (QED) is 0.824. The summed E-state index contributed by atoms with van der Waals surface area (Å²) in [7, 11) is 0. The van der Waals surface area contributed by atoms with Crippen LogP contribution in [0.1, 0.15) is 33.1 Å². The van der Waals surface area contributed by atoms with Gasteiger partial charge in [0.25, 0.3) is 0 Å². The van der Waals surface area contributed by atoms with Crippen molar-refractivity contribution in [2.45, 2.75) is 39.2 Å². The zero-order chi connectivity index (χ0) is 18.1. The molecule has 1 aromatic rings. The van der Waals surface area contributed by atoms with Gasteiger partial charge in [-0.3, -0.25) is 4.79 Å². The van der Waals surface area contributed by atoms with Gasteiger partial charge in [-0.1, -0.05) is 18.2 Å². The SMILES string of the molecule is CCN(CC)C(=O)N1CCC(NC(=O)CCOc2ccccc2)CC1. The maximum atomic E-state index is 12.3. The molecule has 0 aromatic heterocycles. The van der Waals surface area contributed by atoms with Crippen molar-refractivity contribution in [3.8, 4) is 5.75 Å². The number of nitrogens with zero attached hydrogens (tertiary/aromatic N) is 2. The Labute approximate surface area is 150 Å². The summed E-state index contributed by atoms with van der Waals surface area (Å²) >= 11 is 0. The second-order valence-electron chi connectivity index (χ2n) is 6.20. The number of para-hydroxylation sites is 1. The summed E-state index contributed by atoms with van der Waals surface area (Å²) in [6.45, 7) is 7.20. The Morgan fingerprint density at radius 1 is 1.16 bits per heavy atom. The highest BCUT2D eigenvalue weighted by molar-refractivity contribution is 5.76. The Bertz CT molecular complexity index is 538. The average molecular weight is 347 g/mol. The van der Waals surface area contributed by atoms with Gasteiger partial charge in [-0.15, -0.1) is 0 Å². The van der Waals surface area contributed by atoms with Crippen LogP contribution in [0.4, 0.5) is 4.79 Å². The number of piperidine rings is 1. The fourth-order valence-corrected chi connectivity index (χ4v) is 2.99. The third-order valence-electron chi connectivity index (χ3n) is 4.51. The van der Waals surface area contributed by atoms with Crippen molar-refractivity contribution in [2.24, 2.45) is 0 Å². The van der Waals surface area contributed by atoms with Crippen LogP contribution in [0.5, 0.6) is 5.75 Å². The lowest BCUT2D eigenvalue weighted by Crippen LogP contribution is -2.50. The molecule has 0 aliphatic carbocycles. The Balaban J connectivity index is 1.65. The Morgan fingerprint density at radius 3 is 2.40 bits per heavy atom. The number of urea groups is 1. The van der Waals surface area contributed by atoms with Gasteiger partial charge in [0.2, 0.25) is 5.91 Å². The Hall–Kier alpha value is -2.24. The van der Waals surface area contributed by atoms with E-state index in [1.807, 2.05) is 54.0 Å². The van der Waals surface area contributed by atoms with Gasteiger partial charge in [0.15, 0.2) is 0 Å². The Morgan fingerprint density at radius 2 is 1.80 bits per heavy atom. The van der Waals surface area contributed by atoms with Crippen LogP contribution in [-0.4, -0.2) is 60.6 Å². The van der Waals surface area contributed by atoms with Gasteiger partial charge in [-0.2, -0.15) is 0 Å². The molecular formula is C19H29N3O3. The van der Waals surface area contributed by atoms with E-state index in [1.165, 1.54) is 0 Å². The standard InChI is InChI=1S/C19H29N3O3/c1-3-21(4-2)19(24)22-13-10-16(11-14-22)20-18(23)12-15-25-17-8-6-5-7-9-17/h5-9,16H,3-4,10-15H2,1-2H3,(H,20,23). The van der Waals surface area contributed by atoms with Crippen molar-refractivity contribution in [1.29, 1.82) is 0 Å². The topological polar surface area (TPSA) is 61.9 Å². The van der Waals surface area contributed by atoms with Crippen LogP contribution < -0.4 is 10.1 Å². The number of likely N-dealkylation sites (tertiary alicyclic amines) is 1. The van der Waals surface area contributed by atoms with Crippen molar-refractivity contribution in [3.05, 3.63) is 30.3 Å². The van der Waals surface area contributed by atoms with Gasteiger partial charge in [-0.05, 0) is 38.8 Å². The smallest absolute Gasteiger partial charge is 0.319 e. The van der Waals surface area contributed by atoms with Crippen LogP contribution in [0.3, 0.4) is 0 Å². The molecule has 1 aliphatic heterocycles. The molecule has 0 atom stereocenters. The van der Waals surface area contributed by atoms with Gasteiger partial charge in [0.05, 0.1) is 13.0 Å². The molecule has 0 spiro atoms. The number of amides is 3. The van der Waals surface area contributed by atoms with Crippen molar-refractivity contribution < 1.29 is 14.3 Å². The molecule has 1 heterocycles. The van der Waals surface area contributed by atoms with Crippen molar-refractivity contribution in [2.75, 3.05) is 32.8 Å². The number of benzene rings is 1. The fourth-order valence-electron chi connectivity index (χ4n) is 2.99. The highest BCUT2D eigenvalue weighted by atomic mass is 16.5. The summed E-state index contributed by atoms with van der Waals surface area (Å²) in [6, 6.07) is 9.74. The van der Waals surface area contributed by atoms with Gasteiger partial charge in [-0.25, -0.2) is 4.79 Å². The van der Waals surface area contributed by atoms with Crippen molar-refractivity contribution in [1.82, 2.24) is 15.1 Å². The molecule has 6 heteroatoms. The van der Waals surface area contributed by atoms with Gasteiger partial charge in [0, 0.05) is 32.2 Å². The first kappa shape index (κ1) is 19.1. The van der Waals surface area contributed by atoms with Crippen molar-refractivity contribution in [3.63, 3.8) is 0 Å². The van der Waals surface area contributed by atoms with E-state index in [4.69, 9.17) is 4.74 Å². The Kier molecular flexibility index (Phi) is 7.57. The third-order valence-corrected chi connectivity index (χ3v) is 4.51. The summed E-state index contributed by atoms with van der Waals surface area (Å²) in [5.74, 6) is 0.781. The lowest BCUT2D eigenvalue weighted by molar-refractivity contribution is -0.122. The van der Waals surface area contributed by atoms with Gasteiger partial charge in [0.1, 0.15) is 5.75 Å². The van der Waals surface area contributed by atoms with E-state index in [1.54, 1.807) is 0 Å². The average Bonchev–Trinajstić information content (AvgIpc) is 2.64. The number of hydrogen-bond acceptors (Lipinski definition) is 3. The molecule has 138 valence electrons. The second-order valence-corrected chi connectivity index (χ2v) is 6.20. The zero-order valence-electron chi connectivity index (χ0n) is 15.2. The van der Waals surface area contributed by atoms with Crippen LogP contribution >= 0.6 is 0 Å². The van der Waals surface area contributed by atoms with E-state index in [2.05, 4.69) is 5.32 Å². The highest BCUT2D eigenvalue weighted by Crippen LogP contribution is 2.13. The first-order chi connectivity index (χ1) is 12.1. The van der Waals surface area contributed by atoms with E-state index in [0.29, 0.717) is 26.1 Å². The van der Waals surface area contributed by atoms with Crippen LogP contribution in [0.15, 0.2) is 30.3 Å². The largest absolute Gasteiger partial charge is 0.493 e. The summed E-state index contributed by atoms with van der Waals surface area (Å²) in [6.07, 6.45) is 1.95. The summed E-state index contributed by atoms with van der Waals surface area (Å²) in [5.41, 5.74) is 0. The molecule has 1 aromatic carbocycles. The molecular weight excluding hydrogens is 318 g/mol. The first-order valence-electron chi connectivity index (χ1n) is 9.15. The molecule has 3 amide bonds. The van der Waals surface area contributed by atoms with E-state index in [0.717, 1.165) is 31.7 Å². The van der Waals surface area contributed by atoms with Crippen LogP contribution in [0.25, 0.3) is 0 Å². The predicted octanol–water partition coefficient (Wildman–Crippen LogP) is 2.50. The van der Waals surface area contributed by atoms with Gasteiger partial charge < -0.3 is 19.9 Å². The number of carbonyl (C=O) groups is 2. The lowest BCUT2D eigenvalue weighted by atomic mass is 10.1. The van der Waals surface area contributed by atoms with Crippen LogP contribution in [0, 0.1) is 0 Å². The molecule has 2 rings (SSSR count). The maximum Gasteiger partial charge on any atom is 0.319 e. The van der Waals surface area contributed by atoms with E-state index < -0.39 is 0 Å². The lowest BCUT2D eigenvalue weighted by Gasteiger charge is -2.35. The molecule has 0 unspecified atom stereocenters. The normalized spacial score (nSPS) is 14.9. The molecule has 0 saturated carbocycles. The minimum atomic E-state index is 0.00412. The van der Waals surface area contributed by atoms with Crippen LogP contribution in [0.2, 0.25) is 0 Å². The molecule has 6 nitrogen and oxygen atoms in total. The molecule has 0 bridgehead atoms. The van der Waals surface area contributed by atoms with Crippen molar-refractivity contribution >= 4 is 11.9 Å².